The zero-order valence-corrected chi connectivity index (χ0v) is 21.7. The summed E-state index contributed by atoms with van der Waals surface area (Å²) in [4.78, 5) is 39.9. The van der Waals surface area contributed by atoms with E-state index in [0.717, 1.165) is 56.7 Å². The number of hydrogen-bond donors (Lipinski definition) is 2. The number of carbonyl (C=O) groups excluding carboxylic acids is 3. The van der Waals surface area contributed by atoms with Crippen molar-refractivity contribution in [3.63, 3.8) is 0 Å². The fourth-order valence-corrected chi connectivity index (χ4v) is 4.82. The van der Waals surface area contributed by atoms with Crippen LogP contribution >= 0.6 is 0 Å². The van der Waals surface area contributed by atoms with E-state index < -0.39 is 22.1 Å². The van der Waals surface area contributed by atoms with Crippen LogP contribution in [-0.4, -0.2) is 44.0 Å². The minimum absolute atomic E-state index is 0.00257. The monoisotopic (exact) mass is 531 g/mol. The Balaban J connectivity index is 1.49. The normalized spacial score (nSPS) is 14.0. The first-order valence-corrected chi connectivity index (χ1v) is 14.0. The van der Waals surface area contributed by atoms with Crippen molar-refractivity contribution >= 4 is 28.0 Å². The summed E-state index contributed by atoms with van der Waals surface area (Å²) in [7, 11) is -4.12. The van der Waals surface area contributed by atoms with Gasteiger partial charge in [-0.25, -0.2) is 22.9 Å². The van der Waals surface area contributed by atoms with Crippen LogP contribution in [0.4, 0.5) is 4.79 Å². The molecule has 2 N–H and O–H groups in total. The zero-order chi connectivity index (χ0) is 26.7. The SMILES string of the molecule is CCCCC(=O)NCCc1ccc(S(=O)(=O)NC(=O)c2ccc(OC(=O)OC3CCCCC3)nc2)cc1. The Morgan fingerprint density at radius 2 is 1.76 bits per heavy atom. The maximum Gasteiger partial charge on any atom is 0.515 e. The van der Waals surface area contributed by atoms with Gasteiger partial charge in [0.15, 0.2) is 0 Å². The Hall–Kier alpha value is -3.47. The van der Waals surface area contributed by atoms with Gasteiger partial charge in [-0.1, -0.05) is 31.9 Å². The highest BCUT2D eigenvalue weighted by Crippen LogP contribution is 2.21. The molecule has 1 aromatic heterocycles. The van der Waals surface area contributed by atoms with Crippen LogP contribution in [0.1, 0.15) is 74.2 Å². The molecule has 3 rings (SSSR count). The first kappa shape index (κ1) is 28.1. The third-order valence-corrected chi connectivity index (χ3v) is 7.30. The van der Waals surface area contributed by atoms with Crippen LogP contribution < -0.4 is 14.8 Å². The summed E-state index contributed by atoms with van der Waals surface area (Å²) in [5.74, 6) is -0.933. The van der Waals surface area contributed by atoms with E-state index in [9.17, 15) is 22.8 Å². The standard InChI is InChI=1S/C26H33N3O7S/c1-2-3-9-23(30)27-17-16-19-10-13-22(14-11-19)37(33,34)29-25(31)20-12-15-24(28-18-20)36-26(32)35-21-7-5-4-6-8-21/h10-15,18,21H,2-9,16-17H2,1H3,(H,27,30)(H,29,31). The third-order valence-electron chi connectivity index (χ3n) is 5.96. The largest absolute Gasteiger partial charge is 0.515 e. The minimum atomic E-state index is -4.12. The van der Waals surface area contributed by atoms with Crippen LogP contribution in [0, 0.1) is 0 Å². The van der Waals surface area contributed by atoms with Crippen molar-refractivity contribution in [2.75, 3.05) is 6.54 Å². The Labute approximate surface area is 217 Å². The van der Waals surface area contributed by atoms with Crippen molar-refractivity contribution in [3.05, 3.63) is 53.7 Å². The number of nitrogens with one attached hydrogen (secondary N) is 2. The second-order valence-electron chi connectivity index (χ2n) is 8.90. The Kier molecular flexibility index (Phi) is 10.4. The number of hydrogen-bond acceptors (Lipinski definition) is 8. The van der Waals surface area contributed by atoms with E-state index in [1.54, 1.807) is 12.1 Å². The third kappa shape index (κ3) is 9.16. The molecule has 37 heavy (non-hydrogen) atoms. The average molecular weight is 532 g/mol. The Morgan fingerprint density at radius 3 is 2.41 bits per heavy atom. The van der Waals surface area contributed by atoms with Crippen molar-refractivity contribution in [1.29, 1.82) is 0 Å². The number of benzene rings is 1. The van der Waals surface area contributed by atoms with E-state index in [0.29, 0.717) is 19.4 Å². The maximum atomic E-state index is 12.6. The van der Waals surface area contributed by atoms with E-state index in [1.165, 1.54) is 24.3 Å². The highest BCUT2D eigenvalue weighted by atomic mass is 32.2. The molecule has 1 fully saturated rings. The first-order chi connectivity index (χ1) is 17.8. The molecule has 2 amide bonds. The van der Waals surface area contributed by atoms with Gasteiger partial charge in [0.05, 0.1) is 10.5 Å². The number of amides is 2. The summed E-state index contributed by atoms with van der Waals surface area (Å²) in [6, 6.07) is 8.67. The highest BCUT2D eigenvalue weighted by Gasteiger charge is 2.21. The highest BCUT2D eigenvalue weighted by molar-refractivity contribution is 7.90. The van der Waals surface area contributed by atoms with Crippen LogP contribution in [0.3, 0.4) is 0 Å². The molecule has 0 unspecified atom stereocenters. The lowest BCUT2D eigenvalue weighted by atomic mass is 9.98. The first-order valence-electron chi connectivity index (χ1n) is 12.5. The van der Waals surface area contributed by atoms with Crippen LogP contribution in [0.2, 0.25) is 0 Å². The molecule has 10 nitrogen and oxygen atoms in total. The number of sulfonamides is 1. The molecule has 0 aliphatic heterocycles. The van der Waals surface area contributed by atoms with Crippen LogP contribution in [0.5, 0.6) is 5.88 Å². The molecule has 1 aliphatic carbocycles. The Morgan fingerprint density at radius 1 is 1.03 bits per heavy atom. The van der Waals surface area contributed by atoms with Crippen LogP contribution in [-0.2, 0) is 26.0 Å². The number of aromatic nitrogens is 1. The van der Waals surface area contributed by atoms with Gasteiger partial charge in [-0.2, -0.15) is 0 Å². The van der Waals surface area contributed by atoms with Gasteiger partial charge < -0.3 is 14.8 Å². The fraction of sp³-hybridized carbons (Fsp3) is 0.462. The second-order valence-corrected chi connectivity index (χ2v) is 10.6. The van der Waals surface area contributed by atoms with Crippen LogP contribution in [0.25, 0.3) is 0 Å². The number of carbonyl (C=O) groups is 3. The lowest BCUT2D eigenvalue weighted by molar-refractivity contribution is -0.121. The average Bonchev–Trinajstić information content (AvgIpc) is 2.88. The molecule has 1 saturated carbocycles. The van der Waals surface area contributed by atoms with E-state index >= 15 is 0 Å². The van der Waals surface area contributed by atoms with Gasteiger partial charge in [-0.15, -0.1) is 0 Å². The molecule has 1 heterocycles. The lowest BCUT2D eigenvalue weighted by Gasteiger charge is -2.20. The van der Waals surface area contributed by atoms with Gasteiger partial charge in [0.1, 0.15) is 6.10 Å². The summed E-state index contributed by atoms with van der Waals surface area (Å²) >= 11 is 0. The molecule has 0 atom stereocenters. The van der Waals surface area contributed by atoms with E-state index in [-0.39, 0.29) is 28.4 Å². The van der Waals surface area contributed by atoms with Gasteiger partial charge in [-0.3, -0.25) is 9.59 Å². The molecule has 0 radical (unpaired) electrons. The topological polar surface area (TPSA) is 141 Å². The summed E-state index contributed by atoms with van der Waals surface area (Å²) in [6.07, 6.45) is 7.67. The van der Waals surface area contributed by atoms with E-state index in [1.807, 2.05) is 11.6 Å². The smallest absolute Gasteiger partial charge is 0.431 e. The molecule has 11 heteroatoms. The quantitative estimate of drug-likeness (QED) is 0.416. The van der Waals surface area contributed by atoms with Crippen molar-refractivity contribution in [2.24, 2.45) is 0 Å². The predicted octanol–water partition coefficient (Wildman–Crippen LogP) is 3.90. The summed E-state index contributed by atoms with van der Waals surface area (Å²) in [5, 5.41) is 2.83. The summed E-state index contributed by atoms with van der Waals surface area (Å²) in [5.41, 5.74) is 0.829. The van der Waals surface area contributed by atoms with Gasteiger partial charge in [0.2, 0.25) is 11.8 Å². The van der Waals surface area contributed by atoms with E-state index in [4.69, 9.17) is 9.47 Å². The van der Waals surface area contributed by atoms with Crippen molar-refractivity contribution in [1.82, 2.24) is 15.0 Å². The molecule has 0 spiro atoms. The minimum Gasteiger partial charge on any atom is -0.431 e. The van der Waals surface area contributed by atoms with Gasteiger partial charge >= 0.3 is 6.16 Å². The van der Waals surface area contributed by atoms with Crippen molar-refractivity contribution < 1.29 is 32.3 Å². The molecule has 0 saturated heterocycles. The lowest BCUT2D eigenvalue weighted by Crippen LogP contribution is -2.30. The summed E-state index contributed by atoms with van der Waals surface area (Å²) in [6.45, 7) is 2.47. The van der Waals surface area contributed by atoms with Crippen molar-refractivity contribution in [3.8, 4) is 5.88 Å². The maximum absolute atomic E-state index is 12.6. The molecule has 1 aromatic carbocycles. The molecule has 200 valence electrons. The summed E-state index contributed by atoms with van der Waals surface area (Å²) < 4.78 is 37.6. The predicted molar refractivity (Wildman–Crippen MR) is 136 cm³/mol. The molecular formula is C26H33N3O7S. The van der Waals surface area contributed by atoms with Gasteiger partial charge in [-0.05, 0) is 62.3 Å². The molecular weight excluding hydrogens is 498 g/mol. The number of unbranched alkanes of at least 4 members (excludes halogenated alkanes) is 1. The van der Waals surface area contributed by atoms with Crippen molar-refractivity contribution in [2.45, 2.75) is 75.7 Å². The zero-order valence-electron chi connectivity index (χ0n) is 20.9. The number of nitrogens with zero attached hydrogens (tertiary/aromatic N) is 1. The number of rotatable bonds is 11. The fourth-order valence-electron chi connectivity index (χ4n) is 3.85. The van der Waals surface area contributed by atoms with E-state index in [2.05, 4.69) is 10.3 Å². The number of ether oxygens (including phenoxy) is 2. The number of pyridine rings is 1. The van der Waals surface area contributed by atoms with Crippen LogP contribution in [0.15, 0.2) is 47.5 Å². The van der Waals surface area contributed by atoms with Gasteiger partial charge in [0.25, 0.3) is 15.9 Å². The molecule has 1 aliphatic rings. The second kappa shape index (κ2) is 13.7. The molecule has 2 aromatic rings. The Bertz CT molecular complexity index is 1160. The van der Waals surface area contributed by atoms with Gasteiger partial charge in [0, 0.05) is 25.2 Å². The molecule has 0 bridgehead atoms.